The van der Waals surface area contributed by atoms with E-state index >= 15 is 0 Å². The summed E-state index contributed by atoms with van der Waals surface area (Å²) >= 11 is 6.32. The summed E-state index contributed by atoms with van der Waals surface area (Å²) in [6, 6.07) is 6.28. The Morgan fingerprint density at radius 2 is 2.00 bits per heavy atom. The van der Waals surface area contributed by atoms with Crippen molar-refractivity contribution in [3.05, 3.63) is 51.3 Å². The van der Waals surface area contributed by atoms with E-state index < -0.39 is 0 Å². The number of hydrogen-bond donors (Lipinski definition) is 2. The lowest BCUT2D eigenvalue weighted by atomic mass is 9.98. The molecule has 0 aliphatic carbocycles. The van der Waals surface area contributed by atoms with Gasteiger partial charge in [0.15, 0.2) is 0 Å². The molecule has 1 atom stereocenters. The summed E-state index contributed by atoms with van der Waals surface area (Å²) in [7, 11) is 1.97. The molecule has 2 aromatic rings. The summed E-state index contributed by atoms with van der Waals surface area (Å²) < 4.78 is 1.91. The predicted octanol–water partition coefficient (Wildman–Crippen LogP) is 2.62. The van der Waals surface area contributed by atoms with Gasteiger partial charge in [-0.1, -0.05) is 23.7 Å². The molecule has 1 aromatic carbocycles. The van der Waals surface area contributed by atoms with Gasteiger partial charge in [-0.15, -0.1) is 0 Å². The van der Waals surface area contributed by atoms with Crippen LogP contribution in [0.2, 0.25) is 5.02 Å². The van der Waals surface area contributed by atoms with Crippen molar-refractivity contribution in [3.8, 4) is 0 Å². The molecule has 0 fully saturated rings. The molecule has 1 aromatic heterocycles. The Bertz CT molecular complexity index is 633. The lowest BCUT2D eigenvalue weighted by Crippen LogP contribution is -2.38. The molecule has 0 aliphatic heterocycles. The van der Waals surface area contributed by atoms with Crippen molar-refractivity contribution >= 4 is 11.6 Å². The maximum atomic E-state index is 6.32. The third-order valence-corrected chi connectivity index (χ3v) is 4.37. The second-order valence-corrected chi connectivity index (χ2v) is 6.05. The molecule has 0 spiro atoms. The van der Waals surface area contributed by atoms with E-state index in [4.69, 9.17) is 17.4 Å². The number of rotatable bonds is 5. The van der Waals surface area contributed by atoms with Gasteiger partial charge >= 0.3 is 0 Å². The highest BCUT2D eigenvalue weighted by Gasteiger charge is 2.16. The number of nitrogens with one attached hydrogen (secondary N) is 1. The Balaban J connectivity index is 2.17. The van der Waals surface area contributed by atoms with Crippen LogP contribution in [0.4, 0.5) is 0 Å². The van der Waals surface area contributed by atoms with Crippen LogP contribution < -0.4 is 11.3 Å². The number of aromatic nitrogens is 2. The highest BCUT2D eigenvalue weighted by molar-refractivity contribution is 6.31. The van der Waals surface area contributed by atoms with E-state index in [9.17, 15) is 0 Å². The quantitative estimate of drug-likeness (QED) is 0.659. The van der Waals surface area contributed by atoms with Crippen LogP contribution in [0.5, 0.6) is 0 Å². The third-order valence-electron chi connectivity index (χ3n) is 4.02. The summed E-state index contributed by atoms with van der Waals surface area (Å²) in [4.78, 5) is 0. The summed E-state index contributed by atoms with van der Waals surface area (Å²) in [5.41, 5.74) is 8.69. The van der Waals surface area contributed by atoms with Crippen LogP contribution >= 0.6 is 11.6 Å². The van der Waals surface area contributed by atoms with Crippen molar-refractivity contribution in [2.24, 2.45) is 12.9 Å². The minimum atomic E-state index is 0.131. The fraction of sp³-hybridized carbons (Fsp3) is 0.438. The standard InChI is InChI=1S/C16H23ClN4/c1-10-5-6-13(16(17)7-10)8-14(19-18)9-15-11(2)20-21(4)12(15)3/h5-7,14,19H,8-9,18H2,1-4H3. The highest BCUT2D eigenvalue weighted by atomic mass is 35.5. The smallest absolute Gasteiger partial charge is 0.0628 e. The van der Waals surface area contributed by atoms with Gasteiger partial charge in [0.1, 0.15) is 0 Å². The van der Waals surface area contributed by atoms with Gasteiger partial charge < -0.3 is 0 Å². The van der Waals surface area contributed by atoms with Crippen LogP contribution in [0.3, 0.4) is 0 Å². The summed E-state index contributed by atoms with van der Waals surface area (Å²) in [5.74, 6) is 5.74. The second kappa shape index (κ2) is 6.60. The number of benzene rings is 1. The first-order valence-electron chi connectivity index (χ1n) is 7.12. The van der Waals surface area contributed by atoms with Crippen molar-refractivity contribution in [2.75, 3.05) is 0 Å². The number of halogens is 1. The average molecular weight is 307 g/mol. The lowest BCUT2D eigenvalue weighted by molar-refractivity contribution is 0.520. The van der Waals surface area contributed by atoms with E-state index in [0.29, 0.717) is 0 Å². The molecule has 5 heteroatoms. The van der Waals surface area contributed by atoms with Crippen LogP contribution in [0.25, 0.3) is 0 Å². The zero-order chi connectivity index (χ0) is 15.6. The van der Waals surface area contributed by atoms with E-state index in [0.717, 1.165) is 29.1 Å². The topological polar surface area (TPSA) is 55.9 Å². The monoisotopic (exact) mass is 306 g/mol. The summed E-state index contributed by atoms with van der Waals surface area (Å²) in [6.07, 6.45) is 1.63. The van der Waals surface area contributed by atoms with Crippen LogP contribution in [-0.2, 0) is 19.9 Å². The van der Waals surface area contributed by atoms with Crippen LogP contribution in [0.1, 0.15) is 28.1 Å². The fourth-order valence-corrected chi connectivity index (χ4v) is 2.94. The number of nitrogens with zero attached hydrogens (tertiary/aromatic N) is 2. The maximum absolute atomic E-state index is 6.32. The largest absolute Gasteiger partial charge is 0.272 e. The molecule has 1 heterocycles. The van der Waals surface area contributed by atoms with E-state index in [1.165, 1.54) is 16.8 Å². The fourth-order valence-electron chi connectivity index (χ4n) is 2.63. The summed E-state index contributed by atoms with van der Waals surface area (Å²) in [5, 5.41) is 5.26. The Kier molecular flexibility index (Phi) is 5.04. The molecule has 114 valence electrons. The number of hydrazine groups is 1. The number of hydrogen-bond acceptors (Lipinski definition) is 3. The van der Waals surface area contributed by atoms with Crippen molar-refractivity contribution in [1.29, 1.82) is 0 Å². The van der Waals surface area contributed by atoms with Crippen LogP contribution in [0.15, 0.2) is 18.2 Å². The normalized spacial score (nSPS) is 12.7. The molecule has 0 aliphatic rings. The van der Waals surface area contributed by atoms with Gasteiger partial charge in [-0.3, -0.25) is 16.0 Å². The van der Waals surface area contributed by atoms with Gasteiger partial charge in [0, 0.05) is 23.8 Å². The minimum absolute atomic E-state index is 0.131. The molecule has 2 rings (SSSR count). The van der Waals surface area contributed by atoms with Gasteiger partial charge in [-0.25, -0.2) is 0 Å². The lowest BCUT2D eigenvalue weighted by Gasteiger charge is -2.17. The molecule has 1 unspecified atom stereocenters. The Hall–Kier alpha value is -1.36. The first-order chi connectivity index (χ1) is 9.92. The molecule has 0 saturated heterocycles. The predicted molar refractivity (Wildman–Crippen MR) is 87.4 cm³/mol. The average Bonchev–Trinajstić information content (AvgIpc) is 2.67. The zero-order valence-corrected chi connectivity index (χ0v) is 13.8. The van der Waals surface area contributed by atoms with Crippen LogP contribution in [0, 0.1) is 20.8 Å². The first-order valence-corrected chi connectivity index (χ1v) is 7.50. The molecule has 0 saturated carbocycles. The molecule has 3 N–H and O–H groups in total. The zero-order valence-electron chi connectivity index (χ0n) is 13.1. The van der Waals surface area contributed by atoms with E-state index in [1.807, 2.05) is 31.6 Å². The SMILES string of the molecule is Cc1ccc(CC(Cc2c(C)nn(C)c2C)NN)c(Cl)c1. The third kappa shape index (κ3) is 3.64. The molecule has 4 nitrogen and oxygen atoms in total. The van der Waals surface area contributed by atoms with Gasteiger partial charge in [-0.05, 0) is 56.4 Å². The van der Waals surface area contributed by atoms with E-state index in [2.05, 4.69) is 29.6 Å². The van der Waals surface area contributed by atoms with Crippen molar-refractivity contribution in [3.63, 3.8) is 0 Å². The summed E-state index contributed by atoms with van der Waals surface area (Å²) in [6.45, 7) is 6.16. The van der Waals surface area contributed by atoms with Crippen LogP contribution in [-0.4, -0.2) is 15.8 Å². The van der Waals surface area contributed by atoms with Crippen molar-refractivity contribution < 1.29 is 0 Å². The van der Waals surface area contributed by atoms with E-state index in [-0.39, 0.29) is 6.04 Å². The molecule has 21 heavy (non-hydrogen) atoms. The maximum Gasteiger partial charge on any atom is 0.0628 e. The Morgan fingerprint density at radius 3 is 2.52 bits per heavy atom. The number of aryl methyl sites for hydroxylation is 3. The van der Waals surface area contributed by atoms with Gasteiger partial charge in [0.2, 0.25) is 0 Å². The van der Waals surface area contributed by atoms with Gasteiger partial charge in [-0.2, -0.15) is 5.10 Å². The van der Waals surface area contributed by atoms with E-state index in [1.54, 1.807) is 0 Å². The molecule has 0 bridgehead atoms. The number of nitrogens with two attached hydrogens (primary N) is 1. The first kappa shape index (κ1) is 16.0. The second-order valence-electron chi connectivity index (χ2n) is 5.64. The molecule has 0 amide bonds. The Morgan fingerprint density at radius 1 is 1.29 bits per heavy atom. The molecule has 0 radical (unpaired) electrons. The Labute approximate surface area is 131 Å². The molecular formula is C16H23ClN4. The van der Waals surface area contributed by atoms with Crippen molar-refractivity contribution in [1.82, 2.24) is 15.2 Å². The van der Waals surface area contributed by atoms with Crippen molar-refractivity contribution in [2.45, 2.75) is 39.7 Å². The highest BCUT2D eigenvalue weighted by Crippen LogP contribution is 2.21. The van der Waals surface area contributed by atoms with Gasteiger partial charge in [0.25, 0.3) is 0 Å². The molecular weight excluding hydrogens is 284 g/mol. The minimum Gasteiger partial charge on any atom is -0.272 e. The van der Waals surface area contributed by atoms with Gasteiger partial charge in [0.05, 0.1) is 5.69 Å².